The molecule has 170 valence electrons. The summed E-state index contributed by atoms with van der Waals surface area (Å²) in [4.78, 5) is 5.54. The standard InChI is InChI=1S/C25H31N3O2S2/c1-4-23-13-14-25(31-23)32(29,30)26-17-24(20-9-11-22(12-10-20)27(2)3)28-16-15-19-7-5-6-8-21(19)18-28/h5-14,24,26H,4,15-18H2,1-3H3. The predicted octanol–water partition coefficient (Wildman–Crippen LogP) is 4.45. The van der Waals surface area contributed by atoms with E-state index in [1.165, 1.54) is 22.5 Å². The van der Waals surface area contributed by atoms with Gasteiger partial charge in [-0.2, -0.15) is 0 Å². The van der Waals surface area contributed by atoms with Gasteiger partial charge in [0.1, 0.15) is 4.21 Å². The molecule has 0 spiro atoms. The normalized spacial score (nSPS) is 15.3. The maximum atomic E-state index is 13.0. The molecule has 0 fully saturated rings. The Morgan fingerprint density at radius 1 is 1.03 bits per heavy atom. The zero-order valence-electron chi connectivity index (χ0n) is 18.9. The van der Waals surface area contributed by atoms with Crippen molar-refractivity contribution in [3.63, 3.8) is 0 Å². The average Bonchev–Trinajstić information content (AvgIpc) is 3.30. The number of sulfonamides is 1. The first-order chi connectivity index (χ1) is 15.4. The number of hydrogen-bond acceptors (Lipinski definition) is 5. The van der Waals surface area contributed by atoms with Gasteiger partial charge < -0.3 is 4.90 Å². The minimum atomic E-state index is -3.54. The third kappa shape index (κ3) is 5.07. The van der Waals surface area contributed by atoms with Gasteiger partial charge in [0.05, 0.1) is 0 Å². The Balaban J connectivity index is 1.59. The van der Waals surface area contributed by atoms with E-state index in [1.807, 2.05) is 27.1 Å². The molecular weight excluding hydrogens is 438 g/mol. The van der Waals surface area contributed by atoms with Gasteiger partial charge in [0.15, 0.2) is 0 Å². The van der Waals surface area contributed by atoms with E-state index in [4.69, 9.17) is 0 Å². The summed E-state index contributed by atoms with van der Waals surface area (Å²) in [5.74, 6) is 0. The van der Waals surface area contributed by atoms with E-state index in [0.717, 1.165) is 42.1 Å². The highest BCUT2D eigenvalue weighted by molar-refractivity contribution is 7.91. The highest BCUT2D eigenvalue weighted by atomic mass is 32.2. The van der Waals surface area contributed by atoms with Gasteiger partial charge in [0.2, 0.25) is 10.0 Å². The zero-order valence-corrected chi connectivity index (χ0v) is 20.5. The smallest absolute Gasteiger partial charge is 0.250 e. The number of nitrogens with zero attached hydrogens (tertiary/aromatic N) is 2. The summed E-state index contributed by atoms with van der Waals surface area (Å²) in [5, 5.41) is 0. The summed E-state index contributed by atoms with van der Waals surface area (Å²) < 4.78 is 29.3. The predicted molar refractivity (Wildman–Crippen MR) is 133 cm³/mol. The lowest BCUT2D eigenvalue weighted by molar-refractivity contribution is 0.180. The first kappa shape index (κ1) is 23.0. The van der Waals surface area contributed by atoms with E-state index >= 15 is 0 Å². The summed E-state index contributed by atoms with van der Waals surface area (Å²) in [5.41, 5.74) is 4.96. The lowest BCUT2D eigenvalue weighted by Gasteiger charge is -2.36. The molecule has 0 saturated heterocycles. The molecule has 7 heteroatoms. The largest absolute Gasteiger partial charge is 0.378 e. The summed E-state index contributed by atoms with van der Waals surface area (Å²) >= 11 is 1.35. The van der Waals surface area contributed by atoms with Gasteiger partial charge in [0.25, 0.3) is 0 Å². The van der Waals surface area contributed by atoms with Crippen LogP contribution in [0.2, 0.25) is 0 Å². The fourth-order valence-corrected chi connectivity index (χ4v) is 6.57. The fraction of sp³-hybridized carbons (Fsp3) is 0.360. The maximum absolute atomic E-state index is 13.0. The van der Waals surface area contributed by atoms with Crippen LogP contribution in [0.1, 0.15) is 34.5 Å². The van der Waals surface area contributed by atoms with Crippen LogP contribution in [-0.4, -0.2) is 40.5 Å². The van der Waals surface area contributed by atoms with Crippen molar-refractivity contribution in [2.75, 3.05) is 32.1 Å². The Hall–Kier alpha value is -2.19. The first-order valence-corrected chi connectivity index (χ1v) is 13.3. The van der Waals surface area contributed by atoms with Gasteiger partial charge in [-0.3, -0.25) is 4.90 Å². The van der Waals surface area contributed by atoms with Gasteiger partial charge >= 0.3 is 0 Å². The van der Waals surface area contributed by atoms with E-state index in [2.05, 4.69) is 63.1 Å². The number of fused-ring (bicyclic) bond motifs is 1. The monoisotopic (exact) mass is 469 g/mol. The molecule has 0 amide bonds. The van der Waals surface area contributed by atoms with Gasteiger partial charge in [-0.15, -0.1) is 11.3 Å². The molecule has 1 atom stereocenters. The fourth-order valence-electron chi connectivity index (χ4n) is 4.19. The first-order valence-electron chi connectivity index (χ1n) is 11.0. The second kappa shape index (κ2) is 9.75. The number of rotatable bonds is 8. The Morgan fingerprint density at radius 3 is 2.41 bits per heavy atom. The number of anilines is 1. The van der Waals surface area contributed by atoms with Crippen LogP contribution in [0.15, 0.2) is 64.9 Å². The summed E-state index contributed by atoms with van der Waals surface area (Å²) in [6.07, 6.45) is 1.81. The van der Waals surface area contributed by atoms with Crippen molar-refractivity contribution in [3.8, 4) is 0 Å². The molecule has 1 unspecified atom stereocenters. The van der Waals surface area contributed by atoms with Crippen LogP contribution in [0.25, 0.3) is 0 Å². The molecule has 5 nitrogen and oxygen atoms in total. The number of benzene rings is 2. The molecule has 4 rings (SSSR count). The van der Waals surface area contributed by atoms with E-state index < -0.39 is 10.0 Å². The number of nitrogens with one attached hydrogen (secondary N) is 1. The molecule has 0 saturated carbocycles. The molecule has 1 aliphatic heterocycles. The van der Waals surface area contributed by atoms with Gasteiger partial charge in [-0.1, -0.05) is 43.3 Å². The Labute approximate surface area is 195 Å². The van der Waals surface area contributed by atoms with E-state index in [-0.39, 0.29) is 6.04 Å². The molecule has 0 bridgehead atoms. The van der Waals surface area contributed by atoms with Gasteiger partial charge in [-0.25, -0.2) is 13.1 Å². The molecule has 1 aromatic heterocycles. The van der Waals surface area contributed by atoms with Crippen LogP contribution < -0.4 is 9.62 Å². The highest BCUT2D eigenvalue weighted by Crippen LogP contribution is 2.30. The topological polar surface area (TPSA) is 52.7 Å². The van der Waals surface area contributed by atoms with Crippen LogP contribution in [0.5, 0.6) is 0 Å². The van der Waals surface area contributed by atoms with E-state index in [1.54, 1.807) is 6.07 Å². The minimum absolute atomic E-state index is 0.0417. The van der Waals surface area contributed by atoms with Gasteiger partial charge in [-0.05, 0) is 53.8 Å². The van der Waals surface area contributed by atoms with Crippen molar-refractivity contribution >= 4 is 27.0 Å². The molecule has 0 aliphatic carbocycles. The molecule has 3 aromatic rings. The highest BCUT2D eigenvalue weighted by Gasteiger charge is 2.27. The van der Waals surface area contributed by atoms with Crippen molar-refractivity contribution in [1.82, 2.24) is 9.62 Å². The second-order valence-electron chi connectivity index (χ2n) is 8.42. The van der Waals surface area contributed by atoms with Crippen molar-refractivity contribution in [2.45, 2.75) is 36.6 Å². The summed E-state index contributed by atoms with van der Waals surface area (Å²) in [7, 11) is 0.503. The molecular formula is C25H31N3O2S2. The average molecular weight is 470 g/mol. The van der Waals surface area contributed by atoms with Crippen LogP contribution in [0.4, 0.5) is 5.69 Å². The number of thiophene rings is 1. The van der Waals surface area contributed by atoms with E-state index in [0.29, 0.717) is 10.8 Å². The number of hydrogen-bond donors (Lipinski definition) is 1. The molecule has 1 N–H and O–H groups in total. The Kier molecular flexibility index (Phi) is 7.00. The third-order valence-electron chi connectivity index (χ3n) is 6.11. The Morgan fingerprint density at radius 2 is 1.75 bits per heavy atom. The van der Waals surface area contributed by atoms with Crippen LogP contribution in [0.3, 0.4) is 0 Å². The van der Waals surface area contributed by atoms with Crippen LogP contribution >= 0.6 is 11.3 Å². The van der Waals surface area contributed by atoms with Crippen LogP contribution in [0, 0.1) is 0 Å². The number of aryl methyl sites for hydroxylation is 1. The summed E-state index contributed by atoms with van der Waals surface area (Å²) in [6.45, 7) is 4.09. The lowest BCUT2D eigenvalue weighted by Crippen LogP contribution is -2.40. The SMILES string of the molecule is CCc1ccc(S(=O)(=O)NCC(c2ccc(N(C)C)cc2)N2CCc3ccccc3C2)s1. The molecule has 32 heavy (non-hydrogen) atoms. The van der Waals surface area contributed by atoms with E-state index in [9.17, 15) is 8.42 Å². The van der Waals surface area contributed by atoms with Crippen molar-refractivity contribution in [2.24, 2.45) is 0 Å². The quantitative estimate of drug-likeness (QED) is 0.529. The Bertz CT molecular complexity index is 1150. The van der Waals surface area contributed by atoms with Crippen molar-refractivity contribution in [1.29, 1.82) is 0 Å². The van der Waals surface area contributed by atoms with Gasteiger partial charge in [0, 0.05) is 50.3 Å². The second-order valence-corrected chi connectivity index (χ2v) is 11.6. The lowest BCUT2D eigenvalue weighted by atomic mass is 9.96. The minimum Gasteiger partial charge on any atom is -0.378 e. The zero-order chi connectivity index (χ0) is 22.7. The van der Waals surface area contributed by atoms with Crippen LogP contribution in [-0.2, 0) is 29.4 Å². The maximum Gasteiger partial charge on any atom is 0.250 e. The summed E-state index contributed by atoms with van der Waals surface area (Å²) in [6, 6.07) is 20.5. The molecule has 2 aromatic carbocycles. The molecule has 2 heterocycles. The molecule has 0 radical (unpaired) electrons. The third-order valence-corrected chi connectivity index (χ3v) is 9.26. The molecule has 1 aliphatic rings. The van der Waals surface area contributed by atoms with Crippen molar-refractivity contribution in [3.05, 3.63) is 82.2 Å². The van der Waals surface area contributed by atoms with Crippen molar-refractivity contribution < 1.29 is 8.42 Å².